The molecule has 1 amide bonds. The Labute approximate surface area is 199 Å². The molecule has 4 rings (SSSR count). The summed E-state index contributed by atoms with van der Waals surface area (Å²) < 4.78 is 16.3. The van der Waals surface area contributed by atoms with Crippen LogP contribution in [0.15, 0.2) is 54.1 Å². The highest BCUT2D eigenvalue weighted by Gasteiger charge is 2.46. The van der Waals surface area contributed by atoms with E-state index < -0.39 is 17.7 Å². The molecule has 2 aliphatic rings. The largest absolute Gasteiger partial charge is 0.507 e. The molecule has 0 bridgehead atoms. The van der Waals surface area contributed by atoms with E-state index in [0.717, 1.165) is 13.1 Å². The molecule has 0 saturated carbocycles. The number of likely N-dealkylation sites (tertiary alicyclic amines) is 1. The lowest BCUT2D eigenvalue weighted by Gasteiger charge is -2.31. The molecule has 1 unspecified atom stereocenters. The first-order valence-corrected chi connectivity index (χ1v) is 11.5. The van der Waals surface area contributed by atoms with Gasteiger partial charge in [-0.15, -0.1) is 0 Å². The number of ketones is 1. The second-order valence-corrected chi connectivity index (χ2v) is 8.18. The minimum atomic E-state index is -0.730. The van der Waals surface area contributed by atoms with Crippen LogP contribution in [-0.2, 0) is 14.3 Å². The van der Waals surface area contributed by atoms with Crippen LogP contribution in [0.3, 0.4) is 0 Å². The van der Waals surface area contributed by atoms with E-state index in [-0.39, 0.29) is 11.3 Å². The fraction of sp³-hybridized carbons (Fsp3) is 0.385. The van der Waals surface area contributed by atoms with Crippen LogP contribution in [0, 0.1) is 0 Å². The minimum Gasteiger partial charge on any atom is -0.507 e. The molecule has 2 saturated heterocycles. The van der Waals surface area contributed by atoms with E-state index in [0.29, 0.717) is 55.5 Å². The molecular weight excluding hydrogens is 436 g/mol. The van der Waals surface area contributed by atoms with Crippen LogP contribution in [0.1, 0.15) is 24.1 Å². The van der Waals surface area contributed by atoms with Gasteiger partial charge in [0.1, 0.15) is 17.3 Å². The van der Waals surface area contributed by atoms with E-state index in [1.807, 2.05) is 19.1 Å². The average molecular weight is 467 g/mol. The molecule has 0 aliphatic carbocycles. The molecule has 0 spiro atoms. The zero-order chi connectivity index (χ0) is 24.1. The van der Waals surface area contributed by atoms with Crippen LogP contribution in [0.25, 0.3) is 5.76 Å². The predicted octanol–water partition coefficient (Wildman–Crippen LogP) is 2.85. The number of nitrogens with zero attached hydrogens (tertiary/aromatic N) is 2. The standard InChI is InChI=1S/C26H30N2O6/c1-3-34-21-9-5-7-19(17-21)24(29)22-23(18-6-4-8-20(16-18)32-2)28(26(31)25(22)30)11-10-27-12-14-33-15-13-27/h4-9,16-17,23,29H,3,10-15H2,1-2H3. The molecule has 2 aromatic rings. The Morgan fingerprint density at radius 2 is 1.79 bits per heavy atom. The van der Waals surface area contributed by atoms with Gasteiger partial charge in [0, 0.05) is 31.7 Å². The number of aliphatic hydroxyl groups is 1. The van der Waals surface area contributed by atoms with Crippen molar-refractivity contribution < 1.29 is 28.9 Å². The number of Topliss-reactive ketones (excluding diaryl/α,β-unsaturated/α-hetero) is 1. The number of ether oxygens (including phenoxy) is 3. The van der Waals surface area contributed by atoms with E-state index in [9.17, 15) is 14.7 Å². The van der Waals surface area contributed by atoms with Crippen molar-refractivity contribution in [1.29, 1.82) is 0 Å². The highest BCUT2D eigenvalue weighted by molar-refractivity contribution is 6.46. The molecule has 180 valence electrons. The number of carbonyl (C=O) groups excluding carboxylic acids is 2. The highest BCUT2D eigenvalue weighted by atomic mass is 16.5. The summed E-state index contributed by atoms with van der Waals surface area (Å²) in [6, 6.07) is 13.4. The van der Waals surface area contributed by atoms with Crippen molar-refractivity contribution >= 4 is 17.4 Å². The number of hydrogen-bond donors (Lipinski definition) is 1. The predicted molar refractivity (Wildman–Crippen MR) is 127 cm³/mol. The number of rotatable bonds is 8. The first-order valence-electron chi connectivity index (χ1n) is 11.5. The third-order valence-corrected chi connectivity index (χ3v) is 6.13. The number of methoxy groups -OCH3 is 1. The summed E-state index contributed by atoms with van der Waals surface area (Å²) in [5.41, 5.74) is 1.18. The molecule has 1 N–H and O–H groups in total. The van der Waals surface area contributed by atoms with E-state index in [1.165, 1.54) is 0 Å². The normalized spacial score (nSPS) is 20.5. The maximum Gasteiger partial charge on any atom is 0.295 e. The molecule has 2 fully saturated rings. The monoisotopic (exact) mass is 466 g/mol. The smallest absolute Gasteiger partial charge is 0.295 e. The summed E-state index contributed by atoms with van der Waals surface area (Å²) >= 11 is 0. The first-order chi connectivity index (χ1) is 16.5. The molecule has 2 aliphatic heterocycles. The number of carbonyl (C=O) groups is 2. The SMILES string of the molecule is CCOc1cccc(C(O)=C2C(=O)C(=O)N(CCN3CCOCC3)C2c2cccc(OC)c2)c1. The molecule has 8 heteroatoms. The average Bonchev–Trinajstić information content (AvgIpc) is 3.13. The molecule has 34 heavy (non-hydrogen) atoms. The van der Waals surface area contributed by atoms with Gasteiger partial charge in [-0.2, -0.15) is 0 Å². The van der Waals surface area contributed by atoms with Gasteiger partial charge in [-0.1, -0.05) is 24.3 Å². The number of morpholine rings is 1. The lowest BCUT2D eigenvalue weighted by Crippen LogP contribution is -2.42. The molecule has 0 aromatic heterocycles. The lowest BCUT2D eigenvalue weighted by atomic mass is 9.95. The fourth-order valence-corrected chi connectivity index (χ4v) is 4.40. The second-order valence-electron chi connectivity index (χ2n) is 8.18. The van der Waals surface area contributed by atoms with Crippen LogP contribution < -0.4 is 9.47 Å². The summed E-state index contributed by atoms with van der Waals surface area (Å²) in [6.45, 7) is 6.15. The highest BCUT2D eigenvalue weighted by Crippen LogP contribution is 2.40. The van der Waals surface area contributed by atoms with Gasteiger partial charge in [0.15, 0.2) is 0 Å². The first kappa shape index (κ1) is 23.8. The zero-order valence-corrected chi connectivity index (χ0v) is 19.5. The third-order valence-electron chi connectivity index (χ3n) is 6.13. The molecule has 2 heterocycles. The van der Waals surface area contributed by atoms with Gasteiger partial charge in [0.05, 0.1) is 38.5 Å². The quantitative estimate of drug-likeness (QED) is 0.364. The van der Waals surface area contributed by atoms with Gasteiger partial charge in [0.25, 0.3) is 11.7 Å². The van der Waals surface area contributed by atoms with Crippen molar-refractivity contribution in [3.8, 4) is 11.5 Å². The molecule has 8 nitrogen and oxygen atoms in total. The van der Waals surface area contributed by atoms with Gasteiger partial charge in [-0.25, -0.2) is 0 Å². The Morgan fingerprint density at radius 1 is 1.06 bits per heavy atom. The van der Waals surface area contributed by atoms with E-state index in [1.54, 1.807) is 48.4 Å². The van der Waals surface area contributed by atoms with E-state index in [4.69, 9.17) is 14.2 Å². The third kappa shape index (κ3) is 4.93. The fourth-order valence-electron chi connectivity index (χ4n) is 4.40. The van der Waals surface area contributed by atoms with Crippen LogP contribution >= 0.6 is 0 Å². The van der Waals surface area contributed by atoms with Crippen molar-refractivity contribution in [2.24, 2.45) is 0 Å². The minimum absolute atomic E-state index is 0.0638. The van der Waals surface area contributed by atoms with Crippen molar-refractivity contribution in [3.05, 3.63) is 65.2 Å². The number of amides is 1. The van der Waals surface area contributed by atoms with Gasteiger partial charge in [0.2, 0.25) is 0 Å². The summed E-state index contributed by atoms with van der Waals surface area (Å²) in [4.78, 5) is 30.1. The molecular formula is C26H30N2O6. The number of hydrogen-bond acceptors (Lipinski definition) is 7. The Balaban J connectivity index is 1.75. The Morgan fingerprint density at radius 3 is 2.53 bits per heavy atom. The second kappa shape index (κ2) is 10.7. The van der Waals surface area contributed by atoms with E-state index >= 15 is 0 Å². The maximum absolute atomic E-state index is 13.2. The maximum atomic E-state index is 13.2. The van der Waals surface area contributed by atoms with Gasteiger partial charge < -0.3 is 24.2 Å². The van der Waals surface area contributed by atoms with Crippen LogP contribution in [0.4, 0.5) is 0 Å². The Kier molecular flexibility index (Phi) is 7.49. The topological polar surface area (TPSA) is 88.5 Å². The van der Waals surface area contributed by atoms with Crippen molar-refractivity contribution in [2.45, 2.75) is 13.0 Å². The Hall–Kier alpha value is -3.36. The number of benzene rings is 2. The van der Waals surface area contributed by atoms with Crippen molar-refractivity contribution in [3.63, 3.8) is 0 Å². The van der Waals surface area contributed by atoms with Crippen LogP contribution in [-0.4, -0.2) is 79.7 Å². The summed E-state index contributed by atoms with van der Waals surface area (Å²) in [5.74, 6) is -0.361. The molecule has 2 aromatic carbocycles. The van der Waals surface area contributed by atoms with Crippen molar-refractivity contribution in [1.82, 2.24) is 9.80 Å². The molecule has 1 atom stereocenters. The molecule has 0 radical (unpaired) electrons. The summed E-state index contributed by atoms with van der Waals surface area (Å²) in [7, 11) is 1.56. The van der Waals surface area contributed by atoms with E-state index in [2.05, 4.69) is 4.90 Å². The van der Waals surface area contributed by atoms with Crippen molar-refractivity contribution in [2.75, 3.05) is 53.1 Å². The van der Waals surface area contributed by atoms with Gasteiger partial charge in [-0.05, 0) is 36.8 Å². The zero-order valence-electron chi connectivity index (χ0n) is 19.5. The lowest BCUT2D eigenvalue weighted by molar-refractivity contribution is -0.140. The van der Waals surface area contributed by atoms with Crippen LogP contribution in [0.5, 0.6) is 11.5 Å². The van der Waals surface area contributed by atoms with Gasteiger partial charge >= 0.3 is 0 Å². The van der Waals surface area contributed by atoms with Gasteiger partial charge in [-0.3, -0.25) is 14.5 Å². The van der Waals surface area contributed by atoms with Crippen LogP contribution in [0.2, 0.25) is 0 Å². The number of aliphatic hydroxyl groups excluding tert-OH is 1. The Bertz CT molecular complexity index is 1080. The summed E-state index contributed by atoms with van der Waals surface area (Å²) in [6.07, 6.45) is 0. The summed E-state index contributed by atoms with van der Waals surface area (Å²) in [5, 5.41) is 11.3.